The van der Waals surface area contributed by atoms with Crippen LogP contribution in [0.15, 0.2) is 52.3 Å². The maximum atomic E-state index is 11.9. The van der Waals surface area contributed by atoms with Gasteiger partial charge in [0.05, 0.1) is 30.6 Å². The molecule has 29 heavy (non-hydrogen) atoms. The lowest BCUT2D eigenvalue weighted by atomic mass is 10.2. The number of halogens is 1. The number of hydrazone groups is 1. The van der Waals surface area contributed by atoms with E-state index in [4.69, 9.17) is 14.2 Å². The average molecular weight is 461 g/mol. The third kappa shape index (κ3) is 5.29. The van der Waals surface area contributed by atoms with Crippen molar-refractivity contribution in [3.05, 3.63) is 52.8 Å². The quantitative estimate of drug-likeness (QED) is 0.403. The fourth-order valence-electron chi connectivity index (χ4n) is 2.31. The molecular formula is C18H17BrN6O4. The molecule has 0 fully saturated rings. The van der Waals surface area contributed by atoms with Gasteiger partial charge < -0.3 is 14.2 Å². The normalized spacial score (nSPS) is 10.7. The summed E-state index contributed by atoms with van der Waals surface area (Å²) in [7, 11) is 3.10. The van der Waals surface area contributed by atoms with E-state index in [0.717, 1.165) is 10.2 Å². The minimum Gasteiger partial charge on any atom is -0.496 e. The van der Waals surface area contributed by atoms with Gasteiger partial charge in [-0.25, -0.2) is 10.1 Å². The Morgan fingerprint density at radius 1 is 1.21 bits per heavy atom. The molecule has 1 heterocycles. The molecule has 3 aromatic rings. The smallest absolute Gasteiger partial charge is 0.277 e. The zero-order chi connectivity index (χ0) is 20.6. The van der Waals surface area contributed by atoms with Crippen LogP contribution in [0.1, 0.15) is 5.56 Å². The number of nitrogens with zero attached hydrogens (tertiary/aromatic N) is 5. The highest BCUT2D eigenvalue weighted by Crippen LogP contribution is 2.31. The first-order valence-corrected chi connectivity index (χ1v) is 9.09. The number of rotatable bonds is 8. The van der Waals surface area contributed by atoms with Gasteiger partial charge in [-0.15, -0.1) is 5.10 Å². The van der Waals surface area contributed by atoms with Crippen LogP contribution in [0.3, 0.4) is 0 Å². The fourth-order valence-corrected chi connectivity index (χ4v) is 2.84. The summed E-state index contributed by atoms with van der Waals surface area (Å²) in [4.78, 5) is 11.9. The molecule has 1 amide bonds. The van der Waals surface area contributed by atoms with Gasteiger partial charge >= 0.3 is 0 Å². The van der Waals surface area contributed by atoms with Crippen molar-refractivity contribution in [2.45, 2.75) is 0 Å². The maximum Gasteiger partial charge on any atom is 0.277 e. The van der Waals surface area contributed by atoms with Crippen molar-refractivity contribution in [3.63, 3.8) is 0 Å². The number of hydrogen-bond donors (Lipinski definition) is 1. The van der Waals surface area contributed by atoms with Gasteiger partial charge in [-0.3, -0.25) is 4.79 Å². The van der Waals surface area contributed by atoms with Crippen LogP contribution in [-0.4, -0.2) is 53.2 Å². The highest BCUT2D eigenvalue weighted by molar-refractivity contribution is 9.10. The number of hydrogen-bond acceptors (Lipinski definition) is 8. The van der Waals surface area contributed by atoms with Crippen molar-refractivity contribution in [3.8, 4) is 22.9 Å². The van der Waals surface area contributed by atoms with Crippen LogP contribution in [-0.2, 0) is 4.79 Å². The minimum absolute atomic E-state index is 0.189. The molecule has 1 N–H and O–H groups in total. The van der Waals surface area contributed by atoms with Crippen LogP contribution >= 0.6 is 15.9 Å². The van der Waals surface area contributed by atoms with Gasteiger partial charge in [0, 0.05) is 11.6 Å². The second-order valence-electron chi connectivity index (χ2n) is 5.56. The van der Waals surface area contributed by atoms with Crippen molar-refractivity contribution in [2.24, 2.45) is 5.10 Å². The van der Waals surface area contributed by atoms with E-state index < -0.39 is 5.91 Å². The Morgan fingerprint density at radius 3 is 2.62 bits per heavy atom. The van der Waals surface area contributed by atoms with Crippen molar-refractivity contribution >= 4 is 28.1 Å². The summed E-state index contributed by atoms with van der Waals surface area (Å²) < 4.78 is 18.2. The molecule has 0 saturated heterocycles. The van der Waals surface area contributed by atoms with Crippen molar-refractivity contribution in [2.75, 3.05) is 20.8 Å². The molecule has 0 saturated carbocycles. The monoisotopic (exact) mass is 460 g/mol. The zero-order valence-electron chi connectivity index (χ0n) is 15.6. The lowest BCUT2D eigenvalue weighted by molar-refractivity contribution is -0.123. The average Bonchev–Trinajstić information content (AvgIpc) is 3.28. The van der Waals surface area contributed by atoms with Gasteiger partial charge in [-0.05, 0) is 56.7 Å². The Kier molecular flexibility index (Phi) is 6.74. The van der Waals surface area contributed by atoms with E-state index in [1.807, 2.05) is 0 Å². The van der Waals surface area contributed by atoms with Crippen LogP contribution in [0, 0.1) is 0 Å². The predicted molar refractivity (Wildman–Crippen MR) is 108 cm³/mol. The molecule has 0 aliphatic rings. The molecule has 11 heteroatoms. The molecule has 0 aliphatic heterocycles. The Hall–Kier alpha value is -3.47. The molecule has 0 atom stereocenters. The van der Waals surface area contributed by atoms with E-state index >= 15 is 0 Å². The highest BCUT2D eigenvalue weighted by Gasteiger charge is 2.08. The molecule has 10 nitrogen and oxygen atoms in total. The number of ether oxygens (including phenoxy) is 3. The first-order chi connectivity index (χ1) is 14.1. The minimum atomic E-state index is -0.405. The lowest BCUT2D eigenvalue weighted by Crippen LogP contribution is -2.24. The van der Waals surface area contributed by atoms with Gasteiger partial charge in [-0.2, -0.15) is 5.10 Å². The van der Waals surface area contributed by atoms with Gasteiger partial charge in [0.15, 0.2) is 6.61 Å². The Morgan fingerprint density at radius 2 is 1.97 bits per heavy atom. The number of methoxy groups -OCH3 is 2. The number of carbonyl (C=O) groups is 1. The van der Waals surface area contributed by atoms with Gasteiger partial charge in [0.25, 0.3) is 5.91 Å². The molecule has 1 aromatic heterocycles. The van der Waals surface area contributed by atoms with Crippen LogP contribution in [0.2, 0.25) is 0 Å². The van der Waals surface area contributed by atoms with E-state index in [9.17, 15) is 4.79 Å². The first kappa shape index (κ1) is 20.3. The van der Waals surface area contributed by atoms with Crippen molar-refractivity contribution in [1.82, 2.24) is 25.6 Å². The van der Waals surface area contributed by atoms with Crippen LogP contribution in [0.4, 0.5) is 0 Å². The highest BCUT2D eigenvalue weighted by atomic mass is 79.9. The second kappa shape index (κ2) is 9.64. The SMILES string of the molecule is COc1cc(OC)c(/C=N/NC(=O)COc2ccc(-n3cnnn3)cc2)cc1Br. The summed E-state index contributed by atoms with van der Waals surface area (Å²) in [5.74, 6) is 1.31. The predicted octanol–water partition coefficient (Wildman–Crippen LogP) is 1.97. The van der Waals surface area contributed by atoms with Gasteiger partial charge in [0.1, 0.15) is 23.6 Å². The van der Waals surface area contributed by atoms with Crippen LogP contribution in [0.25, 0.3) is 5.69 Å². The zero-order valence-corrected chi connectivity index (χ0v) is 17.2. The first-order valence-electron chi connectivity index (χ1n) is 8.30. The molecule has 0 bridgehead atoms. The Labute approximate surface area is 174 Å². The molecule has 0 unspecified atom stereocenters. The van der Waals surface area contributed by atoms with E-state index in [0.29, 0.717) is 22.8 Å². The number of amides is 1. The molecule has 0 spiro atoms. The summed E-state index contributed by atoms with van der Waals surface area (Å²) in [6.07, 6.45) is 2.96. The Bertz CT molecular complexity index is 992. The molecule has 0 radical (unpaired) electrons. The number of nitrogens with one attached hydrogen (secondary N) is 1. The van der Waals surface area contributed by atoms with E-state index in [1.165, 1.54) is 24.3 Å². The number of aromatic nitrogens is 4. The van der Waals surface area contributed by atoms with E-state index in [1.54, 1.807) is 43.5 Å². The van der Waals surface area contributed by atoms with E-state index in [-0.39, 0.29) is 6.61 Å². The number of tetrazole rings is 1. The molecule has 150 valence electrons. The summed E-state index contributed by atoms with van der Waals surface area (Å²) in [5, 5.41) is 14.9. The van der Waals surface area contributed by atoms with Gasteiger partial charge in [0.2, 0.25) is 0 Å². The third-order valence-electron chi connectivity index (χ3n) is 3.72. The molecule has 2 aromatic carbocycles. The summed E-state index contributed by atoms with van der Waals surface area (Å²) in [5.41, 5.74) is 3.85. The van der Waals surface area contributed by atoms with Crippen molar-refractivity contribution < 1.29 is 19.0 Å². The summed E-state index contributed by atoms with van der Waals surface area (Å²) >= 11 is 3.40. The third-order valence-corrected chi connectivity index (χ3v) is 4.34. The standard InChI is InChI=1S/C18H17BrN6O4/c1-27-16-8-17(28-2)15(19)7-12(16)9-20-22-18(26)10-29-14-5-3-13(4-6-14)25-11-21-23-24-25/h3-9,11H,10H2,1-2H3,(H,22,26)/b20-9+. The van der Waals surface area contributed by atoms with Crippen molar-refractivity contribution in [1.29, 1.82) is 0 Å². The largest absolute Gasteiger partial charge is 0.496 e. The molecule has 3 rings (SSSR count). The number of benzene rings is 2. The summed E-state index contributed by atoms with van der Waals surface area (Å²) in [6, 6.07) is 10.5. The van der Waals surface area contributed by atoms with Crippen LogP contribution < -0.4 is 19.6 Å². The van der Waals surface area contributed by atoms with Gasteiger partial charge in [-0.1, -0.05) is 0 Å². The summed E-state index contributed by atoms with van der Waals surface area (Å²) in [6.45, 7) is -0.189. The Balaban J connectivity index is 1.53. The number of carbonyl (C=O) groups excluding carboxylic acids is 1. The maximum absolute atomic E-state index is 11.9. The lowest BCUT2D eigenvalue weighted by Gasteiger charge is -2.09. The molecular weight excluding hydrogens is 444 g/mol. The van der Waals surface area contributed by atoms with Crippen LogP contribution in [0.5, 0.6) is 17.2 Å². The van der Waals surface area contributed by atoms with E-state index in [2.05, 4.69) is 42.0 Å². The fraction of sp³-hybridized carbons (Fsp3) is 0.167. The second-order valence-corrected chi connectivity index (χ2v) is 6.41. The molecule has 0 aliphatic carbocycles. The topological polar surface area (TPSA) is 113 Å².